The maximum Gasteiger partial charge on any atom is 0.315 e. The van der Waals surface area contributed by atoms with Gasteiger partial charge in [-0.1, -0.05) is 38.1 Å². The highest BCUT2D eigenvalue weighted by Crippen LogP contribution is 2.11. The second kappa shape index (κ2) is 9.76. The van der Waals surface area contributed by atoms with Crippen molar-refractivity contribution in [1.82, 2.24) is 25.7 Å². The zero-order valence-corrected chi connectivity index (χ0v) is 16.0. The number of hydrogen-bond donors (Lipinski definition) is 2. The summed E-state index contributed by atoms with van der Waals surface area (Å²) >= 11 is 0. The number of carbonyl (C=O) groups excluding carboxylic acids is 1. The Morgan fingerprint density at radius 1 is 1.08 bits per heavy atom. The van der Waals surface area contributed by atoms with Gasteiger partial charge in [0.15, 0.2) is 0 Å². The lowest BCUT2D eigenvalue weighted by Gasteiger charge is -2.20. The molecule has 0 saturated heterocycles. The number of urea groups is 1. The number of hydrogen-bond acceptors (Lipinski definition) is 6. The summed E-state index contributed by atoms with van der Waals surface area (Å²) in [6.07, 6.45) is 0. The maximum absolute atomic E-state index is 12.0. The van der Waals surface area contributed by atoms with Crippen molar-refractivity contribution in [2.45, 2.75) is 33.5 Å². The molecule has 1 aromatic carbocycles. The third kappa shape index (κ3) is 5.73. The van der Waals surface area contributed by atoms with Crippen LogP contribution >= 0.6 is 0 Å². The van der Waals surface area contributed by atoms with Gasteiger partial charge in [0.25, 0.3) is 5.95 Å². The van der Waals surface area contributed by atoms with Crippen LogP contribution < -0.4 is 15.5 Å². The number of amides is 2. The second-order valence-corrected chi connectivity index (χ2v) is 6.15. The van der Waals surface area contributed by atoms with Gasteiger partial charge >= 0.3 is 6.03 Å². The monoisotopic (exact) mass is 360 g/mol. The van der Waals surface area contributed by atoms with Crippen molar-refractivity contribution in [2.24, 2.45) is 0 Å². The van der Waals surface area contributed by atoms with Gasteiger partial charge in [0, 0.05) is 27.2 Å². The molecule has 2 amide bonds. The molecule has 0 saturated carbocycles. The van der Waals surface area contributed by atoms with Crippen LogP contribution in [0.3, 0.4) is 0 Å². The minimum Gasteiger partial charge on any atom is -0.344 e. The van der Waals surface area contributed by atoms with Crippen molar-refractivity contribution in [3.63, 3.8) is 0 Å². The van der Waals surface area contributed by atoms with E-state index in [0.717, 1.165) is 25.2 Å². The van der Waals surface area contributed by atoms with E-state index in [2.05, 4.69) is 45.6 Å². The van der Waals surface area contributed by atoms with Gasteiger partial charge in [-0.05, 0) is 29.4 Å². The minimum absolute atomic E-state index is 0.188. The van der Waals surface area contributed by atoms with Crippen molar-refractivity contribution in [3.8, 4) is 0 Å². The third-order valence-electron chi connectivity index (χ3n) is 4.10. The van der Waals surface area contributed by atoms with E-state index >= 15 is 0 Å². The van der Waals surface area contributed by atoms with Gasteiger partial charge in [-0.15, -0.1) is 0 Å². The molecule has 1 heterocycles. The Labute approximate surface area is 154 Å². The Bertz CT molecular complexity index is 696. The van der Waals surface area contributed by atoms with E-state index in [4.69, 9.17) is 4.52 Å². The molecule has 8 heteroatoms. The molecule has 0 radical (unpaired) electrons. The zero-order chi connectivity index (χ0) is 18.9. The standard InChI is InChI=1S/C18H28N6O2/c1-5-24(6-2)13-15-10-8-7-9-14(15)11-19-18(25)20-12-16-21-17(22-26-16)23(3)4/h7-10H,5-6,11-13H2,1-4H3,(H2,19,20,25). The Kier molecular flexibility index (Phi) is 7.40. The number of benzene rings is 1. The first-order valence-electron chi connectivity index (χ1n) is 8.84. The van der Waals surface area contributed by atoms with Crippen LogP contribution in [0.2, 0.25) is 0 Å². The molecule has 0 spiro atoms. The van der Waals surface area contributed by atoms with E-state index in [1.54, 1.807) is 4.90 Å². The Morgan fingerprint density at radius 2 is 1.73 bits per heavy atom. The summed E-state index contributed by atoms with van der Waals surface area (Å²) in [4.78, 5) is 20.3. The smallest absolute Gasteiger partial charge is 0.315 e. The summed E-state index contributed by atoms with van der Waals surface area (Å²) in [6, 6.07) is 7.89. The molecule has 0 fully saturated rings. The van der Waals surface area contributed by atoms with E-state index in [-0.39, 0.29) is 12.6 Å². The SMILES string of the molecule is CCN(CC)Cc1ccccc1CNC(=O)NCc1nc(N(C)C)no1. The molecule has 0 aliphatic carbocycles. The third-order valence-corrected chi connectivity index (χ3v) is 4.10. The van der Waals surface area contributed by atoms with Crippen molar-refractivity contribution in [2.75, 3.05) is 32.1 Å². The van der Waals surface area contributed by atoms with Crippen molar-refractivity contribution < 1.29 is 9.32 Å². The summed E-state index contributed by atoms with van der Waals surface area (Å²) in [5.74, 6) is 0.846. The summed E-state index contributed by atoms with van der Waals surface area (Å²) in [5.41, 5.74) is 2.34. The van der Waals surface area contributed by atoms with E-state index < -0.39 is 0 Å². The molecule has 2 aromatic rings. The predicted octanol–water partition coefficient (Wildman–Crippen LogP) is 1.98. The van der Waals surface area contributed by atoms with Gasteiger partial charge in [-0.3, -0.25) is 4.90 Å². The maximum atomic E-state index is 12.0. The number of rotatable bonds is 9. The van der Waals surface area contributed by atoms with Crippen LogP contribution in [0.5, 0.6) is 0 Å². The van der Waals surface area contributed by atoms with Crippen LogP contribution in [0.25, 0.3) is 0 Å². The van der Waals surface area contributed by atoms with Crippen LogP contribution in [0.1, 0.15) is 30.9 Å². The fourth-order valence-corrected chi connectivity index (χ4v) is 2.47. The highest BCUT2D eigenvalue weighted by Gasteiger charge is 2.10. The topological polar surface area (TPSA) is 86.5 Å². The lowest BCUT2D eigenvalue weighted by molar-refractivity contribution is 0.238. The van der Waals surface area contributed by atoms with Crippen molar-refractivity contribution in [1.29, 1.82) is 0 Å². The van der Waals surface area contributed by atoms with Crippen LogP contribution in [0.4, 0.5) is 10.7 Å². The molecule has 0 aliphatic heterocycles. The van der Waals surface area contributed by atoms with E-state index in [1.165, 1.54) is 5.56 Å². The number of nitrogens with one attached hydrogen (secondary N) is 2. The van der Waals surface area contributed by atoms with Crippen molar-refractivity contribution >= 4 is 12.0 Å². The van der Waals surface area contributed by atoms with Crippen LogP contribution in [0, 0.1) is 0 Å². The Balaban J connectivity index is 1.85. The van der Waals surface area contributed by atoms with Gasteiger partial charge in [-0.25, -0.2) is 4.79 Å². The minimum atomic E-state index is -0.271. The Morgan fingerprint density at radius 3 is 2.35 bits per heavy atom. The highest BCUT2D eigenvalue weighted by atomic mass is 16.5. The van der Waals surface area contributed by atoms with E-state index in [9.17, 15) is 4.79 Å². The molecule has 0 bridgehead atoms. The first kappa shape index (κ1) is 19.7. The normalized spacial score (nSPS) is 10.8. The molecular weight excluding hydrogens is 332 g/mol. The molecule has 2 N–H and O–H groups in total. The molecule has 0 aliphatic rings. The average molecular weight is 360 g/mol. The lowest BCUT2D eigenvalue weighted by atomic mass is 10.1. The molecule has 8 nitrogen and oxygen atoms in total. The highest BCUT2D eigenvalue weighted by molar-refractivity contribution is 5.73. The molecule has 0 atom stereocenters. The number of carbonyl (C=O) groups is 1. The molecule has 26 heavy (non-hydrogen) atoms. The average Bonchev–Trinajstić information content (AvgIpc) is 3.13. The number of nitrogens with zero attached hydrogens (tertiary/aromatic N) is 4. The van der Waals surface area contributed by atoms with Gasteiger partial charge in [0.05, 0.1) is 6.54 Å². The van der Waals surface area contributed by atoms with E-state index in [1.807, 2.05) is 32.3 Å². The number of anilines is 1. The van der Waals surface area contributed by atoms with Crippen LogP contribution in [-0.2, 0) is 19.6 Å². The first-order chi connectivity index (χ1) is 12.5. The molecule has 0 unspecified atom stereocenters. The summed E-state index contributed by atoms with van der Waals surface area (Å²) in [7, 11) is 3.65. The van der Waals surface area contributed by atoms with Crippen molar-refractivity contribution in [3.05, 3.63) is 41.3 Å². The number of aromatic nitrogens is 2. The summed E-state index contributed by atoms with van der Waals surface area (Å²) in [6.45, 7) is 7.83. The van der Waals surface area contributed by atoms with Gasteiger partial charge in [0.1, 0.15) is 0 Å². The fourth-order valence-electron chi connectivity index (χ4n) is 2.47. The molecular formula is C18H28N6O2. The molecule has 142 valence electrons. The van der Waals surface area contributed by atoms with Gasteiger partial charge in [0.2, 0.25) is 5.89 Å². The molecule has 1 aromatic heterocycles. The fraction of sp³-hybridized carbons (Fsp3) is 0.500. The second-order valence-electron chi connectivity index (χ2n) is 6.15. The lowest BCUT2D eigenvalue weighted by Crippen LogP contribution is -2.35. The Hall–Kier alpha value is -2.61. The largest absolute Gasteiger partial charge is 0.344 e. The van der Waals surface area contributed by atoms with E-state index in [0.29, 0.717) is 18.4 Å². The van der Waals surface area contributed by atoms with Gasteiger partial charge in [-0.2, -0.15) is 4.98 Å². The first-order valence-corrected chi connectivity index (χ1v) is 8.84. The van der Waals surface area contributed by atoms with Crippen LogP contribution in [-0.4, -0.2) is 48.3 Å². The van der Waals surface area contributed by atoms with Gasteiger partial charge < -0.3 is 20.1 Å². The summed E-state index contributed by atoms with van der Waals surface area (Å²) < 4.78 is 5.08. The summed E-state index contributed by atoms with van der Waals surface area (Å²) in [5, 5.41) is 9.41. The molecule has 2 rings (SSSR count). The predicted molar refractivity (Wildman–Crippen MR) is 101 cm³/mol. The quantitative estimate of drug-likeness (QED) is 0.711. The van der Waals surface area contributed by atoms with Crippen LogP contribution in [0.15, 0.2) is 28.8 Å². The zero-order valence-electron chi connectivity index (χ0n) is 16.0.